The molecule has 1 N–H and O–H groups in total. The van der Waals surface area contributed by atoms with E-state index in [1.54, 1.807) is 25.1 Å². The summed E-state index contributed by atoms with van der Waals surface area (Å²) in [6, 6.07) is 7.54. The first-order valence-electron chi connectivity index (χ1n) is 7.36. The molecule has 0 fully saturated rings. The van der Waals surface area contributed by atoms with Crippen LogP contribution in [0, 0.1) is 19.7 Å². The maximum atomic E-state index is 14.0. The maximum Gasteiger partial charge on any atom is 0.398 e. The Morgan fingerprint density at radius 1 is 1.24 bits per heavy atom. The number of amides is 1. The van der Waals surface area contributed by atoms with E-state index in [9.17, 15) is 22.4 Å². The number of aryl methyl sites for hydroxylation is 2. The van der Waals surface area contributed by atoms with E-state index in [1.165, 1.54) is 13.0 Å². The van der Waals surface area contributed by atoms with E-state index in [2.05, 4.69) is 10.3 Å². The zero-order valence-electron chi connectivity index (χ0n) is 13.6. The van der Waals surface area contributed by atoms with E-state index in [-0.39, 0.29) is 17.0 Å². The van der Waals surface area contributed by atoms with Gasteiger partial charge in [-0.15, -0.1) is 11.8 Å². The second-order valence-corrected chi connectivity index (χ2v) is 6.51. The smallest absolute Gasteiger partial charge is 0.323 e. The minimum Gasteiger partial charge on any atom is -0.323 e. The number of carbonyl (C=O) groups excluding carboxylic acids is 1. The fraction of sp³-hybridized carbons (Fsp3) is 0.294. The molecule has 1 amide bonds. The molecule has 0 saturated carbocycles. The number of nitrogens with zero attached hydrogens (tertiary/aromatic N) is 1. The van der Waals surface area contributed by atoms with Crippen LogP contribution in [-0.2, 0) is 11.2 Å². The molecule has 0 saturated heterocycles. The summed E-state index contributed by atoms with van der Waals surface area (Å²) in [5, 5.41) is 2.39. The Bertz CT molecular complexity index is 778. The van der Waals surface area contributed by atoms with Gasteiger partial charge < -0.3 is 5.32 Å². The fourth-order valence-corrected chi connectivity index (χ4v) is 2.93. The highest BCUT2D eigenvalue weighted by molar-refractivity contribution is 7.99. The number of pyridine rings is 1. The average Bonchev–Trinajstić information content (AvgIpc) is 2.48. The third kappa shape index (κ3) is 6.04. The predicted octanol–water partition coefficient (Wildman–Crippen LogP) is 4.67. The molecule has 134 valence electrons. The van der Waals surface area contributed by atoms with Gasteiger partial charge in [-0.3, -0.25) is 9.78 Å². The lowest BCUT2D eigenvalue weighted by molar-refractivity contribution is -0.115. The van der Waals surface area contributed by atoms with Crippen molar-refractivity contribution in [2.24, 2.45) is 0 Å². The Kier molecular flexibility index (Phi) is 6.05. The molecular weight excluding hydrogens is 356 g/mol. The van der Waals surface area contributed by atoms with Crippen molar-refractivity contribution in [2.75, 3.05) is 11.1 Å². The van der Waals surface area contributed by atoms with E-state index in [4.69, 9.17) is 0 Å². The molecule has 0 radical (unpaired) electrons. The number of hydrogen-bond acceptors (Lipinski definition) is 3. The van der Waals surface area contributed by atoms with Gasteiger partial charge in [0, 0.05) is 16.3 Å². The molecule has 0 bridgehead atoms. The summed E-state index contributed by atoms with van der Waals surface area (Å²) in [6.07, 6.45) is -4.38. The quantitative estimate of drug-likeness (QED) is 0.612. The minimum atomic E-state index is -4.33. The standard InChI is InChI=1S/C17H16F4N2OS/c1-10-6-13(18)14(8-15(10)25-9-17(19,20)21)23-16(24)7-12-5-3-4-11(2)22-12/h3-6,8H,7,9H2,1-2H3,(H,23,24). The molecule has 0 spiro atoms. The van der Waals surface area contributed by atoms with E-state index < -0.39 is 23.7 Å². The summed E-state index contributed by atoms with van der Waals surface area (Å²) in [7, 11) is 0. The number of rotatable bonds is 5. The van der Waals surface area contributed by atoms with Crippen LogP contribution in [0.15, 0.2) is 35.2 Å². The third-order valence-electron chi connectivity index (χ3n) is 3.22. The SMILES string of the molecule is Cc1cccc(CC(=O)Nc2cc(SCC(F)(F)F)c(C)cc2F)n1. The Morgan fingerprint density at radius 3 is 2.60 bits per heavy atom. The van der Waals surface area contributed by atoms with Crippen molar-refractivity contribution in [3.05, 3.63) is 53.1 Å². The van der Waals surface area contributed by atoms with Crippen molar-refractivity contribution in [1.29, 1.82) is 0 Å². The Hall–Kier alpha value is -2.09. The minimum absolute atomic E-state index is 0.0555. The lowest BCUT2D eigenvalue weighted by atomic mass is 10.2. The van der Waals surface area contributed by atoms with E-state index in [0.717, 1.165) is 11.8 Å². The summed E-state index contributed by atoms with van der Waals surface area (Å²) < 4.78 is 51.1. The van der Waals surface area contributed by atoms with Gasteiger partial charge in [0.15, 0.2) is 0 Å². The van der Waals surface area contributed by atoms with Crippen molar-refractivity contribution in [1.82, 2.24) is 4.98 Å². The highest BCUT2D eigenvalue weighted by Gasteiger charge is 2.27. The first-order chi connectivity index (χ1) is 11.6. The van der Waals surface area contributed by atoms with Gasteiger partial charge in [-0.05, 0) is 43.7 Å². The monoisotopic (exact) mass is 372 g/mol. The Morgan fingerprint density at radius 2 is 1.96 bits per heavy atom. The highest BCUT2D eigenvalue weighted by atomic mass is 32.2. The Labute approximate surface area is 146 Å². The van der Waals surface area contributed by atoms with Crippen LogP contribution in [0.4, 0.5) is 23.2 Å². The number of hydrogen-bond donors (Lipinski definition) is 1. The van der Waals surface area contributed by atoms with Crippen LogP contribution in [0.3, 0.4) is 0 Å². The van der Waals surface area contributed by atoms with Gasteiger partial charge in [0.05, 0.1) is 17.9 Å². The van der Waals surface area contributed by atoms with Gasteiger partial charge in [-0.1, -0.05) is 6.07 Å². The molecule has 2 rings (SSSR count). The molecule has 0 aliphatic rings. The zero-order valence-corrected chi connectivity index (χ0v) is 14.4. The summed E-state index contributed by atoms with van der Waals surface area (Å²) >= 11 is 0.555. The van der Waals surface area contributed by atoms with Crippen molar-refractivity contribution < 1.29 is 22.4 Å². The lowest BCUT2D eigenvalue weighted by Crippen LogP contribution is -2.16. The first kappa shape index (κ1) is 19.2. The topological polar surface area (TPSA) is 42.0 Å². The zero-order chi connectivity index (χ0) is 18.6. The molecule has 3 nitrogen and oxygen atoms in total. The summed E-state index contributed by atoms with van der Waals surface area (Å²) in [4.78, 5) is 16.5. The number of alkyl halides is 3. The third-order valence-corrected chi connectivity index (χ3v) is 4.44. The molecular formula is C17H16F4N2OS. The van der Waals surface area contributed by atoms with Crippen molar-refractivity contribution >= 4 is 23.4 Å². The van der Waals surface area contributed by atoms with Gasteiger partial charge in [0.25, 0.3) is 0 Å². The lowest BCUT2D eigenvalue weighted by Gasteiger charge is -2.12. The van der Waals surface area contributed by atoms with Gasteiger partial charge in [0.2, 0.25) is 5.91 Å². The normalized spacial score (nSPS) is 11.4. The molecule has 1 aromatic carbocycles. The molecule has 25 heavy (non-hydrogen) atoms. The van der Waals surface area contributed by atoms with E-state index in [1.807, 2.05) is 0 Å². The van der Waals surface area contributed by atoms with Crippen molar-refractivity contribution in [3.63, 3.8) is 0 Å². The van der Waals surface area contributed by atoms with Crippen molar-refractivity contribution in [2.45, 2.75) is 31.3 Å². The average molecular weight is 372 g/mol. The number of benzene rings is 1. The number of aromatic nitrogens is 1. The summed E-state index contributed by atoms with van der Waals surface area (Å²) in [5.74, 6) is -2.27. The predicted molar refractivity (Wildman–Crippen MR) is 89.2 cm³/mol. The van der Waals surface area contributed by atoms with Crippen LogP contribution in [0.25, 0.3) is 0 Å². The van der Waals surface area contributed by atoms with Crippen LogP contribution < -0.4 is 5.32 Å². The van der Waals surface area contributed by atoms with Crippen LogP contribution >= 0.6 is 11.8 Å². The summed E-state index contributed by atoms with van der Waals surface area (Å²) in [5.41, 5.74) is 1.51. The number of anilines is 1. The van der Waals surface area contributed by atoms with Gasteiger partial charge in [-0.25, -0.2) is 4.39 Å². The largest absolute Gasteiger partial charge is 0.398 e. The first-order valence-corrected chi connectivity index (χ1v) is 8.35. The van der Waals surface area contributed by atoms with Crippen LogP contribution in [-0.4, -0.2) is 22.8 Å². The van der Waals surface area contributed by atoms with Crippen LogP contribution in [0.5, 0.6) is 0 Å². The molecule has 2 aromatic rings. The van der Waals surface area contributed by atoms with Gasteiger partial charge in [0.1, 0.15) is 5.82 Å². The summed E-state index contributed by atoms with van der Waals surface area (Å²) in [6.45, 7) is 3.30. The maximum absolute atomic E-state index is 14.0. The van der Waals surface area contributed by atoms with Crippen LogP contribution in [0.2, 0.25) is 0 Å². The molecule has 1 aromatic heterocycles. The van der Waals surface area contributed by atoms with Crippen molar-refractivity contribution in [3.8, 4) is 0 Å². The molecule has 0 atom stereocenters. The van der Waals surface area contributed by atoms with E-state index >= 15 is 0 Å². The fourth-order valence-electron chi connectivity index (χ4n) is 2.12. The highest BCUT2D eigenvalue weighted by Crippen LogP contribution is 2.32. The number of halogens is 4. The Balaban J connectivity index is 2.11. The molecule has 0 unspecified atom stereocenters. The van der Waals surface area contributed by atoms with E-state index in [0.29, 0.717) is 23.0 Å². The number of nitrogens with one attached hydrogen (secondary N) is 1. The van der Waals surface area contributed by atoms with Gasteiger partial charge in [-0.2, -0.15) is 13.2 Å². The number of thioether (sulfide) groups is 1. The van der Waals surface area contributed by atoms with Gasteiger partial charge >= 0.3 is 6.18 Å². The molecule has 1 heterocycles. The molecule has 0 aliphatic heterocycles. The molecule has 8 heteroatoms. The second kappa shape index (κ2) is 7.86. The number of carbonyl (C=O) groups is 1. The second-order valence-electron chi connectivity index (χ2n) is 5.50. The molecule has 0 aliphatic carbocycles. The van der Waals surface area contributed by atoms with Crippen LogP contribution in [0.1, 0.15) is 17.0 Å².